The molecule has 1 atom stereocenters. The fourth-order valence-corrected chi connectivity index (χ4v) is 4.19. The Labute approximate surface area is 175 Å². The quantitative estimate of drug-likeness (QED) is 0.713. The summed E-state index contributed by atoms with van der Waals surface area (Å²) in [5.41, 5.74) is 8.72. The van der Waals surface area contributed by atoms with Crippen molar-refractivity contribution in [1.29, 1.82) is 0 Å². The predicted molar refractivity (Wildman–Crippen MR) is 114 cm³/mol. The Hall–Kier alpha value is -3.54. The molecule has 0 bridgehead atoms. The molecule has 1 saturated heterocycles. The molecule has 4 rings (SSSR count). The number of carbonyl (C=O) groups excluding carboxylic acids is 2. The molecule has 0 saturated carbocycles. The third kappa shape index (κ3) is 4.08. The summed E-state index contributed by atoms with van der Waals surface area (Å²) in [4.78, 5) is 35.5. The lowest BCUT2D eigenvalue weighted by Crippen LogP contribution is -2.53. The van der Waals surface area contributed by atoms with E-state index in [2.05, 4.69) is 16.0 Å². The third-order valence-corrected chi connectivity index (χ3v) is 5.76. The van der Waals surface area contributed by atoms with Crippen molar-refractivity contribution in [2.45, 2.75) is 19.3 Å². The van der Waals surface area contributed by atoms with E-state index in [1.54, 1.807) is 35.6 Å². The van der Waals surface area contributed by atoms with Crippen molar-refractivity contribution in [3.05, 3.63) is 84.4 Å². The second kappa shape index (κ2) is 8.45. The molecule has 2 amide bonds. The van der Waals surface area contributed by atoms with Gasteiger partial charge in [0, 0.05) is 37.9 Å². The number of carbonyl (C=O) groups is 2. The van der Waals surface area contributed by atoms with Crippen LogP contribution in [0.15, 0.2) is 73.3 Å². The largest absolute Gasteiger partial charge is 0.369 e. The van der Waals surface area contributed by atoms with Crippen molar-refractivity contribution < 1.29 is 9.59 Å². The topological polar surface area (TPSA) is 89.2 Å². The third-order valence-electron chi connectivity index (χ3n) is 5.76. The van der Waals surface area contributed by atoms with Crippen LogP contribution >= 0.6 is 0 Å². The van der Waals surface area contributed by atoms with Gasteiger partial charge in [-0.05, 0) is 54.2 Å². The van der Waals surface area contributed by atoms with Gasteiger partial charge in [-0.3, -0.25) is 19.6 Å². The molecule has 0 aliphatic carbocycles. The molecule has 1 aliphatic rings. The zero-order chi connectivity index (χ0) is 21.0. The summed E-state index contributed by atoms with van der Waals surface area (Å²) in [6.45, 7) is 0.922. The van der Waals surface area contributed by atoms with Crippen molar-refractivity contribution >= 4 is 11.8 Å². The van der Waals surface area contributed by atoms with E-state index in [4.69, 9.17) is 5.73 Å². The molecule has 6 nitrogen and oxygen atoms in total. The van der Waals surface area contributed by atoms with E-state index >= 15 is 0 Å². The van der Waals surface area contributed by atoms with Gasteiger partial charge in [-0.15, -0.1) is 0 Å². The molecule has 1 unspecified atom stereocenters. The highest BCUT2D eigenvalue weighted by Gasteiger charge is 2.42. The van der Waals surface area contributed by atoms with Crippen molar-refractivity contribution in [2.24, 2.45) is 11.1 Å². The number of aromatic nitrogens is 2. The Morgan fingerprint density at radius 2 is 1.77 bits per heavy atom. The van der Waals surface area contributed by atoms with Gasteiger partial charge in [0.2, 0.25) is 5.91 Å². The van der Waals surface area contributed by atoms with Gasteiger partial charge in [0.05, 0.1) is 11.0 Å². The number of hydrogen-bond donors (Lipinski definition) is 1. The molecule has 6 heteroatoms. The predicted octanol–water partition coefficient (Wildman–Crippen LogP) is 3.09. The SMILES string of the molecule is NC(=O)C1(Cc2cccc(-c3cccnc3)c2)CCCN(C(=O)c2cccnc2)C1. The minimum absolute atomic E-state index is 0.113. The standard InChI is InChI=1S/C24H24N4O2/c25-23(30)24(9-4-12-28(17-24)22(29)21-8-3-11-27-16-21)14-18-5-1-6-19(13-18)20-7-2-10-26-15-20/h1-3,5-8,10-11,13,15-16H,4,9,12,14,17H2,(H2,25,30). The lowest BCUT2D eigenvalue weighted by Gasteiger charge is -2.41. The van der Waals surface area contributed by atoms with E-state index in [1.807, 2.05) is 36.5 Å². The number of hydrogen-bond acceptors (Lipinski definition) is 4. The van der Waals surface area contributed by atoms with Gasteiger partial charge in [-0.1, -0.05) is 30.3 Å². The van der Waals surface area contributed by atoms with Gasteiger partial charge in [0.25, 0.3) is 5.91 Å². The van der Waals surface area contributed by atoms with Crippen molar-refractivity contribution in [3.63, 3.8) is 0 Å². The van der Waals surface area contributed by atoms with Gasteiger partial charge in [0.15, 0.2) is 0 Å². The fourth-order valence-electron chi connectivity index (χ4n) is 4.19. The molecule has 2 aromatic heterocycles. The van der Waals surface area contributed by atoms with E-state index in [0.717, 1.165) is 23.1 Å². The van der Waals surface area contributed by atoms with Crippen LogP contribution in [0.5, 0.6) is 0 Å². The first-order chi connectivity index (χ1) is 14.6. The lowest BCUT2D eigenvalue weighted by atomic mass is 9.74. The number of benzene rings is 1. The molecule has 3 aromatic rings. The normalized spacial score (nSPS) is 18.7. The fraction of sp³-hybridized carbons (Fsp3) is 0.250. The zero-order valence-corrected chi connectivity index (χ0v) is 16.7. The summed E-state index contributed by atoms with van der Waals surface area (Å²) in [6, 6.07) is 15.5. The molecule has 0 spiro atoms. The molecule has 1 aromatic carbocycles. The number of nitrogens with two attached hydrogens (primary N) is 1. The summed E-state index contributed by atoms with van der Waals surface area (Å²) in [7, 11) is 0. The number of primary amides is 1. The van der Waals surface area contributed by atoms with Gasteiger partial charge in [-0.2, -0.15) is 0 Å². The van der Waals surface area contributed by atoms with Crippen LogP contribution < -0.4 is 5.73 Å². The molecule has 2 N–H and O–H groups in total. The van der Waals surface area contributed by atoms with Crippen molar-refractivity contribution in [3.8, 4) is 11.1 Å². The zero-order valence-electron chi connectivity index (χ0n) is 16.7. The van der Waals surface area contributed by atoms with E-state index in [9.17, 15) is 9.59 Å². The maximum atomic E-state index is 12.9. The van der Waals surface area contributed by atoms with Crippen molar-refractivity contribution in [1.82, 2.24) is 14.9 Å². The molecule has 1 aliphatic heterocycles. The van der Waals surface area contributed by atoms with Crippen LogP contribution in [0.2, 0.25) is 0 Å². The van der Waals surface area contributed by atoms with Crippen LogP contribution in [0.3, 0.4) is 0 Å². The van der Waals surface area contributed by atoms with Gasteiger partial charge < -0.3 is 10.6 Å². The first kappa shape index (κ1) is 19.8. The monoisotopic (exact) mass is 400 g/mol. The highest BCUT2D eigenvalue weighted by molar-refractivity contribution is 5.94. The summed E-state index contributed by atoms with van der Waals surface area (Å²) >= 11 is 0. The highest BCUT2D eigenvalue weighted by Crippen LogP contribution is 2.35. The smallest absolute Gasteiger partial charge is 0.255 e. The van der Waals surface area contributed by atoms with Crippen LogP contribution in [0, 0.1) is 5.41 Å². The first-order valence-electron chi connectivity index (χ1n) is 10.1. The van der Waals surface area contributed by atoms with Gasteiger partial charge in [-0.25, -0.2) is 0 Å². The van der Waals surface area contributed by atoms with Crippen LogP contribution in [0.25, 0.3) is 11.1 Å². The van der Waals surface area contributed by atoms with Crippen LogP contribution in [0.1, 0.15) is 28.8 Å². The Balaban J connectivity index is 1.59. The Morgan fingerprint density at radius 3 is 2.47 bits per heavy atom. The van der Waals surface area contributed by atoms with Crippen molar-refractivity contribution in [2.75, 3.05) is 13.1 Å². The average Bonchev–Trinajstić information content (AvgIpc) is 2.80. The van der Waals surface area contributed by atoms with E-state index in [-0.39, 0.29) is 11.8 Å². The first-order valence-corrected chi connectivity index (χ1v) is 10.1. The number of nitrogens with zero attached hydrogens (tertiary/aromatic N) is 3. The van der Waals surface area contributed by atoms with Crippen LogP contribution in [-0.2, 0) is 11.2 Å². The molecule has 1 fully saturated rings. The maximum Gasteiger partial charge on any atom is 0.255 e. The second-order valence-electron chi connectivity index (χ2n) is 7.84. The second-order valence-corrected chi connectivity index (χ2v) is 7.84. The maximum absolute atomic E-state index is 12.9. The van der Waals surface area contributed by atoms with E-state index in [0.29, 0.717) is 31.5 Å². The van der Waals surface area contributed by atoms with E-state index < -0.39 is 5.41 Å². The average molecular weight is 400 g/mol. The van der Waals surface area contributed by atoms with Crippen LogP contribution in [-0.4, -0.2) is 39.8 Å². The number of amides is 2. The molecular formula is C24H24N4O2. The molecule has 152 valence electrons. The minimum atomic E-state index is -0.788. The Kier molecular flexibility index (Phi) is 5.57. The Morgan fingerprint density at radius 1 is 1.00 bits per heavy atom. The number of piperidine rings is 1. The number of likely N-dealkylation sites (tertiary alicyclic amines) is 1. The number of rotatable bonds is 5. The molecule has 3 heterocycles. The Bertz CT molecular complexity index is 1040. The minimum Gasteiger partial charge on any atom is -0.369 e. The van der Waals surface area contributed by atoms with E-state index in [1.165, 1.54) is 0 Å². The summed E-state index contributed by atoms with van der Waals surface area (Å²) < 4.78 is 0. The number of pyridine rings is 2. The highest BCUT2D eigenvalue weighted by atomic mass is 16.2. The molecular weight excluding hydrogens is 376 g/mol. The summed E-state index contributed by atoms with van der Waals surface area (Å²) in [6.07, 6.45) is 8.64. The lowest BCUT2D eigenvalue weighted by molar-refractivity contribution is -0.130. The van der Waals surface area contributed by atoms with Gasteiger partial charge in [0.1, 0.15) is 0 Å². The molecule has 30 heavy (non-hydrogen) atoms. The van der Waals surface area contributed by atoms with Gasteiger partial charge >= 0.3 is 0 Å². The van der Waals surface area contributed by atoms with Crippen LogP contribution in [0.4, 0.5) is 0 Å². The summed E-state index contributed by atoms with van der Waals surface area (Å²) in [5, 5.41) is 0. The molecule has 0 radical (unpaired) electrons. The summed E-state index contributed by atoms with van der Waals surface area (Å²) in [5.74, 6) is -0.476.